The van der Waals surface area contributed by atoms with Crippen molar-refractivity contribution >= 4 is 12.0 Å². The van der Waals surface area contributed by atoms with Crippen LogP contribution in [0.5, 0.6) is 0 Å². The summed E-state index contributed by atoms with van der Waals surface area (Å²) in [6.07, 6.45) is 8.55. The maximum atomic E-state index is 11.7. The molecule has 1 atom stereocenters. The highest BCUT2D eigenvalue weighted by molar-refractivity contribution is 5.82. The fourth-order valence-corrected chi connectivity index (χ4v) is 1.72. The lowest BCUT2D eigenvalue weighted by Crippen LogP contribution is -2.48. The number of amides is 2. The Balaban J connectivity index is 2.39. The molecule has 0 bridgehead atoms. The second-order valence-electron chi connectivity index (χ2n) is 4.43. The molecule has 0 aliphatic heterocycles. The van der Waals surface area contributed by atoms with Crippen molar-refractivity contribution in [1.29, 1.82) is 0 Å². The first-order chi connectivity index (χ1) is 8.04. The lowest BCUT2D eigenvalue weighted by Gasteiger charge is -2.30. The van der Waals surface area contributed by atoms with Crippen LogP contribution in [0.1, 0.15) is 25.7 Å². The van der Waals surface area contributed by atoms with Crippen LogP contribution in [0.3, 0.4) is 0 Å². The monoisotopic (exact) mass is 238 g/mol. The topological polar surface area (TPSA) is 69.6 Å². The van der Waals surface area contributed by atoms with E-state index in [4.69, 9.17) is 11.5 Å². The van der Waals surface area contributed by atoms with Gasteiger partial charge in [0.15, 0.2) is 0 Å². The zero-order chi connectivity index (χ0) is 12.8. The van der Waals surface area contributed by atoms with Crippen LogP contribution in [0.4, 0.5) is 4.79 Å². The number of carboxylic acids is 1. The molecule has 1 fully saturated rings. The van der Waals surface area contributed by atoms with Gasteiger partial charge in [0.1, 0.15) is 6.04 Å². The molecule has 1 saturated carbocycles. The van der Waals surface area contributed by atoms with Crippen molar-refractivity contribution in [2.45, 2.75) is 31.7 Å². The van der Waals surface area contributed by atoms with Crippen LogP contribution < -0.4 is 5.32 Å². The van der Waals surface area contributed by atoms with Crippen LogP contribution in [0, 0.1) is 18.3 Å². The Morgan fingerprint density at radius 3 is 2.65 bits per heavy atom. The minimum absolute atomic E-state index is 0.00164. The standard InChI is InChI=1S/C12H18N2O3/c1-3-5-10(11(15)16)13-12(17)14(2)8-9-6-4-7-9/h1,9-10H,4-8H2,2H3,(H,13,17)(H,15,16). The van der Waals surface area contributed by atoms with Gasteiger partial charge in [-0.05, 0) is 18.8 Å². The molecule has 0 aromatic rings. The molecule has 0 spiro atoms. The lowest BCUT2D eigenvalue weighted by atomic mass is 9.85. The van der Waals surface area contributed by atoms with Gasteiger partial charge < -0.3 is 15.3 Å². The number of carbonyl (C=O) groups is 2. The second kappa shape index (κ2) is 6.14. The summed E-state index contributed by atoms with van der Waals surface area (Å²) in [5.41, 5.74) is 0. The number of nitrogens with one attached hydrogen (secondary N) is 1. The van der Waals surface area contributed by atoms with Crippen molar-refractivity contribution in [3.63, 3.8) is 0 Å². The molecule has 0 aromatic carbocycles. The number of urea groups is 1. The first-order valence-corrected chi connectivity index (χ1v) is 5.72. The zero-order valence-corrected chi connectivity index (χ0v) is 9.98. The predicted octanol–water partition coefficient (Wildman–Crippen LogP) is 0.904. The van der Waals surface area contributed by atoms with Crippen LogP contribution in [-0.2, 0) is 4.79 Å². The Morgan fingerprint density at radius 2 is 2.24 bits per heavy atom. The second-order valence-corrected chi connectivity index (χ2v) is 4.43. The molecule has 1 aliphatic rings. The molecule has 0 radical (unpaired) electrons. The smallest absolute Gasteiger partial charge is 0.327 e. The number of terminal acetylenes is 1. The van der Waals surface area contributed by atoms with Crippen molar-refractivity contribution in [2.75, 3.05) is 13.6 Å². The van der Waals surface area contributed by atoms with E-state index in [0.29, 0.717) is 12.5 Å². The van der Waals surface area contributed by atoms with Crippen LogP contribution in [0.15, 0.2) is 0 Å². The van der Waals surface area contributed by atoms with Crippen molar-refractivity contribution in [2.24, 2.45) is 5.92 Å². The predicted molar refractivity (Wildman–Crippen MR) is 63.4 cm³/mol. The Labute approximate surface area is 101 Å². The number of carbonyl (C=O) groups excluding carboxylic acids is 1. The summed E-state index contributed by atoms with van der Waals surface area (Å²) in [5.74, 6) is 1.70. The molecule has 0 saturated heterocycles. The van der Waals surface area contributed by atoms with E-state index in [-0.39, 0.29) is 12.5 Å². The lowest BCUT2D eigenvalue weighted by molar-refractivity contribution is -0.139. The van der Waals surface area contributed by atoms with Gasteiger partial charge in [0.05, 0.1) is 0 Å². The molecule has 17 heavy (non-hydrogen) atoms. The molecular formula is C12H18N2O3. The van der Waals surface area contributed by atoms with Gasteiger partial charge in [0, 0.05) is 20.0 Å². The average Bonchev–Trinajstić information content (AvgIpc) is 2.22. The highest BCUT2D eigenvalue weighted by Crippen LogP contribution is 2.26. The minimum atomic E-state index is -1.10. The summed E-state index contributed by atoms with van der Waals surface area (Å²) in [6, 6.07) is -1.38. The summed E-state index contributed by atoms with van der Waals surface area (Å²) in [4.78, 5) is 24.0. The molecule has 5 heteroatoms. The molecule has 2 amide bonds. The molecule has 0 aromatic heterocycles. The number of hydrogen-bond acceptors (Lipinski definition) is 2. The van der Waals surface area contributed by atoms with Crippen molar-refractivity contribution in [1.82, 2.24) is 10.2 Å². The number of aliphatic carboxylic acids is 1. The fourth-order valence-electron chi connectivity index (χ4n) is 1.72. The van der Waals surface area contributed by atoms with Gasteiger partial charge >= 0.3 is 12.0 Å². The zero-order valence-electron chi connectivity index (χ0n) is 9.98. The minimum Gasteiger partial charge on any atom is -0.480 e. The first-order valence-electron chi connectivity index (χ1n) is 5.72. The summed E-state index contributed by atoms with van der Waals surface area (Å²) in [5, 5.41) is 11.3. The highest BCUT2D eigenvalue weighted by Gasteiger charge is 2.24. The van der Waals surface area contributed by atoms with Gasteiger partial charge in [-0.3, -0.25) is 0 Å². The van der Waals surface area contributed by atoms with Crippen molar-refractivity contribution in [3.05, 3.63) is 0 Å². The molecular weight excluding hydrogens is 220 g/mol. The van der Waals surface area contributed by atoms with Gasteiger partial charge in [-0.2, -0.15) is 0 Å². The van der Waals surface area contributed by atoms with Crippen LogP contribution >= 0.6 is 0 Å². The van der Waals surface area contributed by atoms with E-state index < -0.39 is 12.0 Å². The number of carboxylic acid groups (broad SMARTS) is 1. The Bertz CT molecular complexity index is 331. The maximum Gasteiger partial charge on any atom is 0.327 e. The number of hydrogen-bond donors (Lipinski definition) is 2. The molecule has 2 N–H and O–H groups in total. The van der Waals surface area contributed by atoms with Gasteiger partial charge in [-0.1, -0.05) is 6.42 Å². The van der Waals surface area contributed by atoms with E-state index in [9.17, 15) is 9.59 Å². The Morgan fingerprint density at radius 1 is 1.59 bits per heavy atom. The Kier molecular flexibility index (Phi) is 4.83. The van der Waals surface area contributed by atoms with Crippen LogP contribution in [0.25, 0.3) is 0 Å². The molecule has 5 nitrogen and oxygen atoms in total. The van der Waals surface area contributed by atoms with E-state index in [1.165, 1.54) is 11.3 Å². The molecule has 94 valence electrons. The quantitative estimate of drug-likeness (QED) is 0.699. The van der Waals surface area contributed by atoms with Crippen molar-refractivity contribution in [3.8, 4) is 12.3 Å². The van der Waals surface area contributed by atoms with Crippen LogP contribution in [0.2, 0.25) is 0 Å². The molecule has 1 unspecified atom stereocenters. The largest absolute Gasteiger partial charge is 0.480 e. The van der Waals surface area contributed by atoms with E-state index in [0.717, 1.165) is 12.8 Å². The molecule has 1 aliphatic carbocycles. The summed E-state index contributed by atoms with van der Waals surface area (Å²) in [6.45, 7) is 0.675. The summed E-state index contributed by atoms with van der Waals surface area (Å²) in [7, 11) is 1.67. The molecule has 0 heterocycles. The third-order valence-electron chi connectivity index (χ3n) is 3.02. The average molecular weight is 238 g/mol. The van der Waals surface area contributed by atoms with Gasteiger partial charge in [0.2, 0.25) is 0 Å². The van der Waals surface area contributed by atoms with Crippen molar-refractivity contribution < 1.29 is 14.7 Å². The van der Waals surface area contributed by atoms with Gasteiger partial charge in [-0.25, -0.2) is 9.59 Å². The SMILES string of the molecule is C#CCC(NC(=O)N(C)CC1CCC1)C(=O)O. The fraction of sp³-hybridized carbons (Fsp3) is 0.667. The summed E-state index contributed by atoms with van der Waals surface area (Å²) < 4.78 is 0. The third-order valence-corrected chi connectivity index (χ3v) is 3.02. The van der Waals surface area contributed by atoms with E-state index in [1.807, 2.05) is 0 Å². The van der Waals surface area contributed by atoms with E-state index >= 15 is 0 Å². The van der Waals surface area contributed by atoms with Gasteiger partial charge in [-0.15, -0.1) is 12.3 Å². The maximum absolute atomic E-state index is 11.7. The molecule has 1 rings (SSSR count). The number of nitrogens with zero attached hydrogens (tertiary/aromatic N) is 1. The highest BCUT2D eigenvalue weighted by atomic mass is 16.4. The van der Waals surface area contributed by atoms with E-state index in [1.54, 1.807) is 7.05 Å². The normalized spacial score (nSPS) is 16.5. The Hall–Kier alpha value is -1.70. The number of rotatable bonds is 5. The van der Waals surface area contributed by atoms with Gasteiger partial charge in [0.25, 0.3) is 0 Å². The summed E-state index contributed by atoms with van der Waals surface area (Å²) >= 11 is 0. The van der Waals surface area contributed by atoms with E-state index in [2.05, 4.69) is 11.2 Å². The first kappa shape index (κ1) is 13.4. The third kappa shape index (κ3) is 3.99. The van der Waals surface area contributed by atoms with Crippen LogP contribution in [-0.4, -0.2) is 41.6 Å².